The number of thiazole rings is 1. The highest BCUT2D eigenvalue weighted by Crippen LogP contribution is 2.46. The number of nitrogens with zero attached hydrogens (tertiary/aromatic N) is 2. The second-order valence-electron chi connectivity index (χ2n) is 6.86. The molecule has 10 heteroatoms. The Kier molecular flexibility index (Phi) is 6.37. The van der Waals surface area contributed by atoms with Gasteiger partial charge in [-0.3, -0.25) is 9.59 Å². The number of rotatable bonds is 4. The lowest BCUT2D eigenvalue weighted by Gasteiger charge is -2.13. The van der Waals surface area contributed by atoms with Crippen molar-refractivity contribution in [2.45, 2.75) is 10.1 Å². The average Bonchev–Trinajstić information content (AvgIpc) is 3.32. The van der Waals surface area contributed by atoms with Crippen LogP contribution in [0, 0.1) is 0 Å². The van der Waals surface area contributed by atoms with Gasteiger partial charge in [-0.15, -0.1) is 11.3 Å². The molecule has 0 saturated heterocycles. The lowest BCUT2D eigenvalue weighted by molar-refractivity contribution is 0.0926. The zero-order valence-electron chi connectivity index (χ0n) is 15.9. The number of thioether (sulfide) groups is 1. The van der Waals surface area contributed by atoms with Crippen molar-refractivity contribution in [2.24, 2.45) is 0 Å². The van der Waals surface area contributed by atoms with E-state index in [9.17, 15) is 9.59 Å². The summed E-state index contributed by atoms with van der Waals surface area (Å²) in [4.78, 5) is 32.4. The van der Waals surface area contributed by atoms with E-state index in [2.05, 4.69) is 75.9 Å². The number of imide groups is 1. The monoisotopic (exact) mass is 714 g/mol. The fraction of sp³-hybridized carbons (Fsp3) is 0.0455. The summed E-state index contributed by atoms with van der Waals surface area (Å²) in [7, 11) is 0. The van der Waals surface area contributed by atoms with E-state index < -0.39 is 0 Å². The molecule has 0 spiro atoms. The summed E-state index contributed by atoms with van der Waals surface area (Å²) in [5.41, 5.74) is 3.27. The molecule has 0 N–H and O–H groups in total. The zero-order chi connectivity index (χ0) is 22.6. The lowest BCUT2D eigenvalue weighted by Crippen LogP contribution is -2.29. The van der Waals surface area contributed by atoms with Crippen molar-refractivity contribution in [1.29, 1.82) is 0 Å². The summed E-state index contributed by atoms with van der Waals surface area (Å²) in [5, 5.41) is 0. The van der Waals surface area contributed by atoms with Crippen LogP contribution >= 0.6 is 86.8 Å². The molecule has 0 radical (unpaired) electrons. The number of carbonyl (C=O) groups excluding carboxylic acids is 2. The minimum Gasteiger partial charge on any atom is -0.268 e. The number of aromatic nitrogens is 1. The third-order valence-corrected chi connectivity index (χ3v) is 11.9. The minimum atomic E-state index is -0.367. The summed E-state index contributed by atoms with van der Waals surface area (Å²) >= 11 is 17.1. The maximum absolute atomic E-state index is 13.2. The molecular weight excluding hydrogens is 708 g/mol. The second-order valence-corrected chi connectivity index (χ2v) is 12.3. The molecule has 1 aromatic heterocycles. The Balaban J connectivity index is 1.48. The Morgan fingerprint density at radius 3 is 2.09 bits per heavy atom. The van der Waals surface area contributed by atoms with Crippen LogP contribution in [0.4, 0.5) is 5.69 Å². The van der Waals surface area contributed by atoms with Crippen LogP contribution in [0.1, 0.15) is 26.3 Å². The molecule has 2 amide bonds. The summed E-state index contributed by atoms with van der Waals surface area (Å²) in [5.74, 6) is 0.0965. The molecule has 4 aromatic rings. The van der Waals surface area contributed by atoms with Gasteiger partial charge in [0.05, 0.1) is 27.0 Å². The van der Waals surface area contributed by atoms with E-state index in [1.54, 1.807) is 29.2 Å². The quantitative estimate of drug-likeness (QED) is 0.0921. The van der Waals surface area contributed by atoms with Crippen molar-refractivity contribution in [2.75, 3.05) is 4.90 Å². The van der Waals surface area contributed by atoms with Crippen molar-refractivity contribution in [1.82, 2.24) is 4.98 Å². The highest BCUT2D eigenvalue weighted by Gasteiger charge is 2.42. The van der Waals surface area contributed by atoms with E-state index in [1.807, 2.05) is 30.3 Å². The number of hydrogen-bond acceptors (Lipinski definition) is 5. The van der Waals surface area contributed by atoms with Gasteiger partial charge < -0.3 is 0 Å². The highest BCUT2D eigenvalue weighted by atomic mass is 79.9. The molecule has 0 fully saturated rings. The average molecular weight is 718 g/mol. The number of anilines is 1. The molecule has 0 aliphatic carbocycles. The summed E-state index contributed by atoms with van der Waals surface area (Å²) in [6.07, 6.45) is 0. The largest absolute Gasteiger partial charge is 0.268 e. The van der Waals surface area contributed by atoms with Crippen LogP contribution in [0.2, 0.25) is 0 Å². The molecule has 1 aliphatic rings. The Morgan fingerprint density at radius 1 is 0.844 bits per heavy atom. The summed E-state index contributed by atoms with van der Waals surface area (Å²) < 4.78 is 4.30. The van der Waals surface area contributed by atoms with Gasteiger partial charge in [-0.05, 0) is 87.5 Å². The molecule has 0 bridgehead atoms. The van der Waals surface area contributed by atoms with Crippen LogP contribution in [-0.2, 0) is 5.75 Å². The molecule has 0 saturated carbocycles. The van der Waals surface area contributed by atoms with Crippen molar-refractivity contribution < 1.29 is 9.59 Å². The topological polar surface area (TPSA) is 50.3 Å². The molecule has 160 valence electrons. The maximum atomic E-state index is 13.2. The molecule has 1 aliphatic heterocycles. The molecule has 0 atom stereocenters. The Hall–Kier alpha value is -1.04. The van der Waals surface area contributed by atoms with Crippen molar-refractivity contribution >= 4 is 115 Å². The third kappa shape index (κ3) is 3.82. The molecule has 5 rings (SSSR count). The first-order valence-corrected chi connectivity index (χ1v) is 14.2. The maximum Gasteiger partial charge on any atom is 0.267 e. The van der Waals surface area contributed by atoms with E-state index in [0.717, 1.165) is 20.3 Å². The minimum absolute atomic E-state index is 0.334. The summed E-state index contributed by atoms with van der Waals surface area (Å²) in [6.45, 7) is 0. The molecule has 2 heterocycles. The van der Waals surface area contributed by atoms with Gasteiger partial charge in [0.1, 0.15) is 0 Å². The van der Waals surface area contributed by atoms with Gasteiger partial charge in [-0.2, -0.15) is 0 Å². The SMILES string of the molecule is O=C1c2c(Br)c(Br)c(Br)c(Br)c2C(=O)N1c1ccc2nc(SCc3ccccc3)sc2c1. The van der Waals surface area contributed by atoms with Crippen LogP contribution < -0.4 is 4.90 Å². The number of amides is 2. The molecular formula is C22H10Br4N2O2S2. The van der Waals surface area contributed by atoms with Gasteiger partial charge in [-0.25, -0.2) is 9.88 Å². The van der Waals surface area contributed by atoms with Gasteiger partial charge in [0, 0.05) is 23.6 Å². The van der Waals surface area contributed by atoms with Crippen LogP contribution in [0.3, 0.4) is 0 Å². The smallest absolute Gasteiger partial charge is 0.267 e. The third-order valence-electron chi connectivity index (χ3n) is 4.92. The van der Waals surface area contributed by atoms with Gasteiger partial charge in [-0.1, -0.05) is 42.1 Å². The van der Waals surface area contributed by atoms with Crippen LogP contribution in [0.25, 0.3) is 10.2 Å². The van der Waals surface area contributed by atoms with E-state index in [-0.39, 0.29) is 11.8 Å². The van der Waals surface area contributed by atoms with E-state index in [0.29, 0.717) is 34.7 Å². The molecule has 4 nitrogen and oxygen atoms in total. The Morgan fingerprint density at radius 2 is 1.47 bits per heavy atom. The van der Waals surface area contributed by atoms with E-state index in [1.165, 1.54) is 10.5 Å². The predicted octanol–water partition coefficient (Wildman–Crippen LogP) is 8.44. The van der Waals surface area contributed by atoms with Crippen LogP contribution in [0.15, 0.2) is 70.8 Å². The molecule has 3 aromatic carbocycles. The standard InChI is InChI=1S/C22H10Br4N2O2S2/c23-16-14-15(17(24)19(26)18(16)25)21(30)28(20(14)29)11-6-7-12-13(8-11)32-22(27-12)31-9-10-4-2-1-3-5-10/h1-8H,9H2. The van der Waals surface area contributed by atoms with Gasteiger partial charge in [0.2, 0.25) is 0 Å². The molecule has 0 unspecified atom stereocenters. The zero-order valence-corrected chi connectivity index (χ0v) is 23.8. The van der Waals surface area contributed by atoms with Gasteiger partial charge in [0.25, 0.3) is 11.8 Å². The van der Waals surface area contributed by atoms with E-state index in [4.69, 9.17) is 4.98 Å². The Bertz CT molecular complexity index is 1380. The van der Waals surface area contributed by atoms with Crippen molar-refractivity contribution in [3.63, 3.8) is 0 Å². The first-order chi connectivity index (χ1) is 15.4. The van der Waals surface area contributed by atoms with Crippen LogP contribution in [0.5, 0.6) is 0 Å². The van der Waals surface area contributed by atoms with Crippen molar-refractivity contribution in [3.8, 4) is 0 Å². The lowest BCUT2D eigenvalue weighted by atomic mass is 10.1. The van der Waals surface area contributed by atoms with E-state index >= 15 is 0 Å². The normalized spacial score (nSPS) is 13.3. The fourth-order valence-electron chi connectivity index (χ4n) is 3.40. The molecule has 32 heavy (non-hydrogen) atoms. The number of carbonyl (C=O) groups is 2. The first-order valence-electron chi connectivity index (χ1n) is 9.19. The Labute approximate surface area is 225 Å². The number of fused-ring (bicyclic) bond motifs is 2. The van der Waals surface area contributed by atoms with Crippen molar-refractivity contribution in [3.05, 3.63) is 83.1 Å². The number of benzene rings is 3. The van der Waals surface area contributed by atoms with Crippen LogP contribution in [-0.4, -0.2) is 16.8 Å². The second kappa shape index (κ2) is 8.96. The summed E-state index contributed by atoms with van der Waals surface area (Å²) in [6, 6.07) is 15.7. The van der Waals surface area contributed by atoms with Gasteiger partial charge >= 0.3 is 0 Å². The first kappa shape index (κ1) is 22.7. The highest BCUT2D eigenvalue weighted by molar-refractivity contribution is 9.15. The number of halogens is 4. The predicted molar refractivity (Wildman–Crippen MR) is 144 cm³/mol. The van der Waals surface area contributed by atoms with Gasteiger partial charge in [0.15, 0.2) is 4.34 Å². The number of hydrogen-bond donors (Lipinski definition) is 0. The fourth-order valence-corrected chi connectivity index (χ4v) is 7.91.